The number of carbonyl (C=O) groups excluding carboxylic acids is 1. The molecule has 0 spiro atoms. The number of nitrogens with zero attached hydrogens (tertiary/aromatic N) is 4. The molecular weight excluding hydrogens is 416 g/mol. The first kappa shape index (κ1) is 23.5. The van der Waals surface area contributed by atoms with Gasteiger partial charge in [0.05, 0.1) is 6.61 Å². The van der Waals surface area contributed by atoms with Crippen molar-refractivity contribution in [2.45, 2.75) is 31.8 Å². The minimum absolute atomic E-state index is 0. The van der Waals surface area contributed by atoms with E-state index >= 15 is 0 Å². The molecule has 2 saturated heterocycles. The number of hydrogen-bond acceptors (Lipinski definition) is 7. The number of likely N-dealkylation sites (N-methyl/N-ethyl adjacent to an activating group) is 1. The van der Waals surface area contributed by atoms with Gasteiger partial charge in [0.15, 0.2) is 0 Å². The minimum Gasteiger partial charge on any atom is -0.364 e. The molecule has 9 heteroatoms. The third kappa shape index (κ3) is 5.77. The molecule has 0 radical (unpaired) electrons. The molecule has 170 valence electrons. The first-order chi connectivity index (χ1) is 14.6. The van der Waals surface area contributed by atoms with E-state index in [-0.39, 0.29) is 12.4 Å². The summed E-state index contributed by atoms with van der Waals surface area (Å²) in [6, 6.07) is 10.4. The number of carbonyl (C=O) groups is 1. The zero-order chi connectivity index (χ0) is 20.9. The maximum Gasteiger partial charge on any atom is 0.265 e. The summed E-state index contributed by atoms with van der Waals surface area (Å²) in [5, 5.41) is 3.35. The summed E-state index contributed by atoms with van der Waals surface area (Å²) in [7, 11) is 2.13. The largest absolute Gasteiger partial charge is 0.364 e. The standard InChI is InChI=1S/C22H32N6O2.ClH/c1-26-11-5-8-18(26)16-30-22-25-20(27-12-9-24-10-13-27)14-19(21(23)29)28(22)15-17-6-3-2-4-7-17;/h2-4,6-7,14,18,22,24H,5,8-13,15-16H2,1H3,(H2,23,29);1H/t18-,22?;/m0./s1. The van der Waals surface area contributed by atoms with Crippen molar-refractivity contribution in [3.63, 3.8) is 0 Å². The highest BCUT2D eigenvalue weighted by atomic mass is 35.5. The normalized spacial score (nSPS) is 24.4. The van der Waals surface area contributed by atoms with Gasteiger partial charge in [0, 0.05) is 44.8 Å². The fraction of sp³-hybridized carbons (Fsp3) is 0.545. The number of rotatable bonds is 6. The van der Waals surface area contributed by atoms with Crippen LogP contribution in [0.15, 0.2) is 47.1 Å². The molecule has 1 amide bonds. The SMILES string of the molecule is CN1CCC[C@H]1COC1N=C(N2CCNCC2)C=C(C(N)=O)N1Cc1ccccc1.Cl. The van der Waals surface area contributed by atoms with Gasteiger partial charge in [-0.1, -0.05) is 30.3 Å². The van der Waals surface area contributed by atoms with Gasteiger partial charge in [-0.3, -0.25) is 4.79 Å². The molecule has 31 heavy (non-hydrogen) atoms. The van der Waals surface area contributed by atoms with Gasteiger partial charge in [-0.05, 0) is 32.0 Å². The average molecular weight is 449 g/mol. The van der Waals surface area contributed by atoms with E-state index < -0.39 is 12.3 Å². The summed E-state index contributed by atoms with van der Waals surface area (Å²) in [4.78, 5) is 23.7. The molecule has 0 aliphatic carbocycles. The van der Waals surface area contributed by atoms with Crippen molar-refractivity contribution < 1.29 is 9.53 Å². The first-order valence-electron chi connectivity index (χ1n) is 10.8. The number of benzene rings is 1. The molecule has 3 N–H and O–H groups in total. The number of primary amides is 1. The van der Waals surface area contributed by atoms with E-state index in [0.29, 0.717) is 24.9 Å². The van der Waals surface area contributed by atoms with Crippen molar-refractivity contribution in [2.24, 2.45) is 10.7 Å². The highest BCUT2D eigenvalue weighted by molar-refractivity contribution is 6.03. The van der Waals surface area contributed by atoms with E-state index in [1.807, 2.05) is 41.3 Å². The third-order valence-electron chi connectivity index (χ3n) is 6.08. The van der Waals surface area contributed by atoms with E-state index in [2.05, 4.69) is 22.2 Å². The molecule has 0 bridgehead atoms. The maximum atomic E-state index is 12.4. The molecule has 2 atom stereocenters. The molecular formula is C22H33ClN6O2. The molecule has 3 aliphatic rings. The van der Waals surface area contributed by atoms with Crippen molar-refractivity contribution in [3.05, 3.63) is 47.7 Å². The summed E-state index contributed by atoms with van der Waals surface area (Å²) in [6.07, 6.45) is 3.55. The molecule has 1 aromatic carbocycles. The zero-order valence-electron chi connectivity index (χ0n) is 18.1. The highest BCUT2D eigenvalue weighted by Crippen LogP contribution is 2.24. The number of halogens is 1. The molecule has 4 rings (SSSR count). The monoisotopic (exact) mass is 448 g/mol. The van der Waals surface area contributed by atoms with Crippen molar-refractivity contribution in [3.8, 4) is 0 Å². The number of piperazine rings is 1. The first-order valence-corrected chi connectivity index (χ1v) is 10.8. The van der Waals surface area contributed by atoms with Gasteiger partial charge in [0.2, 0.25) is 6.35 Å². The van der Waals surface area contributed by atoms with E-state index in [0.717, 1.165) is 50.5 Å². The second kappa shape index (κ2) is 10.9. The Morgan fingerprint density at radius 1 is 1.23 bits per heavy atom. The second-order valence-electron chi connectivity index (χ2n) is 8.17. The maximum absolute atomic E-state index is 12.4. The Morgan fingerprint density at radius 2 is 1.97 bits per heavy atom. The molecule has 3 aliphatic heterocycles. The minimum atomic E-state index is -0.573. The molecule has 1 unspecified atom stereocenters. The van der Waals surface area contributed by atoms with Crippen LogP contribution in [0.4, 0.5) is 0 Å². The number of nitrogens with two attached hydrogens (primary N) is 1. The summed E-state index contributed by atoms with van der Waals surface area (Å²) in [5.41, 5.74) is 7.34. The lowest BCUT2D eigenvalue weighted by molar-refractivity contribution is -0.120. The Morgan fingerprint density at radius 3 is 2.61 bits per heavy atom. The Kier molecular flexibility index (Phi) is 8.31. The van der Waals surface area contributed by atoms with Crippen molar-refractivity contribution >= 4 is 24.1 Å². The fourth-order valence-electron chi connectivity index (χ4n) is 4.28. The Balaban J connectivity index is 0.00000272. The molecule has 0 aromatic heterocycles. The third-order valence-corrected chi connectivity index (χ3v) is 6.08. The van der Waals surface area contributed by atoms with Crippen LogP contribution in [0.2, 0.25) is 0 Å². The van der Waals surface area contributed by atoms with Gasteiger partial charge in [-0.2, -0.15) is 0 Å². The summed E-state index contributed by atoms with van der Waals surface area (Å²) in [6.45, 7) is 5.66. The summed E-state index contributed by atoms with van der Waals surface area (Å²) >= 11 is 0. The lowest BCUT2D eigenvalue weighted by Crippen LogP contribution is -2.50. The van der Waals surface area contributed by atoms with Crippen LogP contribution >= 0.6 is 12.4 Å². The number of nitrogens with one attached hydrogen (secondary N) is 1. The molecule has 3 heterocycles. The summed E-state index contributed by atoms with van der Waals surface area (Å²) < 4.78 is 6.33. The average Bonchev–Trinajstić information content (AvgIpc) is 3.18. The second-order valence-corrected chi connectivity index (χ2v) is 8.17. The van der Waals surface area contributed by atoms with Gasteiger partial charge in [0.25, 0.3) is 5.91 Å². The number of amidine groups is 1. The van der Waals surface area contributed by atoms with Gasteiger partial charge in [0.1, 0.15) is 11.5 Å². The Bertz CT molecular complexity index is 796. The van der Waals surface area contributed by atoms with Crippen molar-refractivity contribution in [2.75, 3.05) is 46.4 Å². The van der Waals surface area contributed by atoms with Gasteiger partial charge < -0.3 is 30.5 Å². The number of aliphatic imine (C=N–C) groups is 1. The number of hydrogen-bond donors (Lipinski definition) is 2. The predicted octanol–water partition coefficient (Wildman–Crippen LogP) is 0.991. The van der Waals surface area contributed by atoms with Crippen LogP contribution in [0.1, 0.15) is 18.4 Å². The quantitative estimate of drug-likeness (QED) is 0.675. The number of likely N-dealkylation sites (tertiary alicyclic amines) is 1. The van der Waals surface area contributed by atoms with Crippen LogP contribution in [-0.2, 0) is 16.1 Å². The number of amides is 1. The van der Waals surface area contributed by atoms with E-state index in [4.69, 9.17) is 15.5 Å². The molecule has 1 aromatic rings. The van der Waals surface area contributed by atoms with Crippen LogP contribution in [0, 0.1) is 0 Å². The van der Waals surface area contributed by atoms with Gasteiger partial charge in [-0.25, -0.2) is 4.99 Å². The summed E-state index contributed by atoms with van der Waals surface area (Å²) in [5.74, 6) is 0.319. The Labute approximate surface area is 190 Å². The molecule has 0 saturated carbocycles. The van der Waals surface area contributed by atoms with Crippen LogP contribution in [0.3, 0.4) is 0 Å². The number of ether oxygens (including phenoxy) is 1. The van der Waals surface area contributed by atoms with Crippen LogP contribution in [0.5, 0.6) is 0 Å². The lowest BCUT2D eigenvalue weighted by atomic mass is 10.1. The van der Waals surface area contributed by atoms with E-state index in [1.54, 1.807) is 0 Å². The predicted molar refractivity (Wildman–Crippen MR) is 124 cm³/mol. The van der Waals surface area contributed by atoms with Crippen LogP contribution in [-0.4, -0.2) is 85.2 Å². The van der Waals surface area contributed by atoms with Crippen LogP contribution < -0.4 is 11.1 Å². The van der Waals surface area contributed by atoms with Gasteiger partial charge >= 0.3 is 0 Å². The van der Waals surface area contributed by atoms with Crippen molar-refractivity contribution in [1.82, 2.24) is 20.0 Å². The molecule has 8 nitrogen and oxygen atoms in total. The van der Waals surface area contributed by atoms with Gasteiger partial charge in [-0.15, -0.1) is 12.4 Å². The fourth-order valence-corrected chi connectivity index (χ4v) is 4.28. The highest BCUT2D eigenvalue weighted by Gasteiger charge is 2.32. The Hall–Kier alpha value is -2.13. The van der Waals surface area contributed by atoms with E-state index in [1.165, 1.54) is 6.42 Å². The molecule has 2 fully saturated rings. The zero-order valence-corrected chi connectivity index (χ0v) is 18.9. The topological polar surface area (TPSA) is 86.4 Å². The van der Waals surface area contributed by atoms with E-state index in [9.17, 15) is 4.79 Å². The lowest BCUT2D eigenvalue weighted by Gasteiger charge is -2.38. The van der Waals surface area contributed by atoms with Crippen LogP contribution in [0.25, 0.3) is 0 Å². The smallest absolute Gasteiger partial charge is 0.265 e. The van der Waals surface area contributed by atoms with Crippen molar-refractivity contribution in [1.29, 1.82) is 0 Å².